The minimum atomic E-state index is 0.665. The number of hydrogen-bond donors (Lipinski definition) is 0. The molecule has 0 bridgehead atoms. The maximum atomic E-state index is 4.31. The van der Waals surface area contributed by atoms with E-state index in [1.165, 1.54) is 44.6 Å². The number of hydrogen-bond acceptors (Lipinski definition) is 4. The second-order valence-corrected chi connectivity index (χ2v) is 8.57. The van der Waals surface area contributed by atoms with Crippen molar-refractivity contribution in [2.45, 2.75) is 58.2 Å². The summed E-state index contributed by atoms with van der Waals surface area (Å²) in [5, 5.41) is 4.31. The van der Waals surface area contributed by atoms with E-state index in [-0.39, 0.29) is 0 Å². The standard InChI is InChI=1S/C23H35N5/c1-4-20-18-26(16-17-27(20)19(2)3)22-10-14-25(15-11-22)21-6-8-23(9-7-21)28-13-5-12-24-28/h5-9,12-13,19-20,22H,4,10-11,14-18H2,1-3H3. The summed E-state index contributed by atoms with van der Waals surface area (Å²) in [7, 11) is 0. The summed E-state index contributed by atoms with van der Waals surface area (Å²) < 4.78 is 1.91. The quantitative estimate of drug-likeness (QED) is 0.790. The molecule has 0 aliphatic carbocycles. The van der Waals surface area contributed by atoms with Crippen molar-refractivity contribution in [3.63, 3.8) is 0 Å². The van der Waals surface area contributed by atoms with Crippen LogP contribution in [0.2, 0.25) is 0 Å². The van der Waals surface area contributed by atoms with E-state index in [4.69, 9.17) is 0 Å². The Labute approximate surface area is 169 Å². The van der Waals surface area contributed by atoms with Gasteiger partial charge in [0.15, 0.2) is 0 Å². The highest BCUT2D eigenvalue weighted by Crippen LogP contribution is 2.26. The third kappa shape index (κ3) is 4.11. The largest absolute Gasteiger partial charge is 0.371 e. The number of rotatable bonds is 5. The van der Waals surface area contributed by atoms with Gasteiger partial charge in [0.1, 0.15) is 0 Å². The zero-order chi connectivity index (χ0) is 19.5. The molecule has 1 unspecified atom stereocenters. The maximum Gasteiger partial charge on any atom is 0.0647 e. The monoisotopic (exact) mass is 381 g/mol. The molecule has 5 heteroatoms. The van der Waals surface area contributed by atoms with E-state index in [1.54, 1.807) is 0 Å². The summed E-state index contributed by atoms with van der Waals surface area (Å²) in [6.45, 7) is 13.1. The number of aromatic nitrogens is 2. The van der Waals surface area contributed by atoms with Crippen LogP contribution in [0, 0.1) is 0 Å². The fourth-order valence-corrected chi connectivity index (χ4v) is 5.00. The minimum absolute atomic E-state index is 0.665. The molecule has 2 saturated heterocycles. The fourth-order valence-electron chi connectivity index (χ4n) is 5.00. The van der Waals surface area contributed by atoms with Gasteiger partial charge in [-0.15, -0.1) is 0 Å². The second kappa shape index (κ2) is 8.66. The highest BCUT2D eigenvalue weighted by molar-refractivity contribution is 5.51. The maximum absolute atomic E-state index is 4.31. The molecule has 152 valence electrons. The van der Waals surface area contributed by atoms with E-state index >= 15 is 0 Å². The first-order chi connectivity index (χ1) is 13.7. The second-order valence-electron chi connectivity index (χ2n) is 8.57. The Balaban J connectivity index is 1.32. The van der Waals surface area contributed by atoms with Gasteiger partial charge in [0, 0.05) is 68.9 Å². The van der Waals surface area contributed by atoms with Gasteiger partial charge >= 0.3 is 0 Å². The number of benzene rings is 1. The fraction of sp³-hybridized carbons (Fsp3) is 0.609. The molecule has 2 fully saturated rings. The molecule has 2 aliphatic rings. The van der Waals surface area contributed by atoms with E-state index in [9.17, 15) is 0 Å². The van der Waals surface area contributed by atoms with Gasteiger partial charge in [0.25, 0.3) is 0 Å². The smallest absolute Gasteiger partial charge is 0.0647 e. The summed E-state index contributed by atoms with van der Waals surface area (Å²) in [6, 6.07) is 12.9. The average molecular weight is 382 g/mol. The van der Waals surface area contributed by atoms with Crippen LogP contribution in [-0.2, 0) is 0 Å². The van der Waals surface area contributed by atoms with Crippen molar-refractivity contribution in [1.29, 1.82) is 0 Å². The van der Waals surface area contributed by atoms with Crippen LogP contribution in [0.4, 0.5) is 5.69 Å². The van der Waals surface area contributed by atoms with Crippen molar-refractivity contribution < 1.29 is 0 Å². The highest BCUT2D eigenvalue weighted by atomic mass is 15.3. The summed E-state index contributed by atoms with van der Waals surface area (Å²) in [5.41, 5.74) is 2.46. The molecule has 1 aromatic carbocycles. The van der Waals surface area contributed by atoms with Crippen LogP contribution >= 0.6 is 0 Å². The first kappa shape index (κ1) is 19.5. The normalized spacial score (nSPS) is 22.9. The Morgan fingerprint density at radius 2 is 1.71 bits per heavy atom. The third-order valence-electron chi connectivity index (χ3n) is 6.66. The van der Waals surface area contributed by atoms with Crippen LogP contribution < -0.4 is 4.90 Å². The highest BCUT2D eigenvalue weighted by Gasteiger charge is 2.32. The molecular weight excluding hydrogens is 346 g/mol. The van der Waals surface area contributed by atoms with Crippen molar-refractivity contribution in [2.75, 3.05) is 37.6 Å². The van der Waals surface area contributed by atoms with Crippen molar-refractivity contribution in [1.82, 2.24) is 19.6 Å². The lowest BCUT2D eigenvalue weighted by atomic mass is 9.98. The zero-order valence-electron chi connectivity index (χ0n) is 17.7. The molecule has 0 radical (unpaired) electrons. The number of nitrogens with zero attached hydrogens (tertiary/aromatic N) is 5. The van der Waals surface area contributed by atoms with Gasteiger partial charge in [-0.3, -0.25) is 9.80 Å². The summed E-state index contributed by atoms with van der Waals surface area (Å²) in [4.78, 5) is 8.03. The van der Waals surface area contributed by atoms with Gasteiger partial charge in [0.05, 0.1) is 5.69 Å². The summed E-state index contributed by atoms with van der Waals surface area (Å²) >= 11 is 0. The summed E-state index contributed by atoms with van der Waals surface area (Å²) in [6.07, 6.45) is 7.63. The van der Waals surface area contributed by atoms with E-state index < -0.39 is 0 Å². The van der Waals surface area contributed by atoms with Gasteiger partial charge in [0.2, 0.25) is 0 Å². The summed E-state index contributed by atoms with van der Waals surface area (Å²) in [5.74, 6) is 0. The SMILES string of the molecule is CCC1CN(C2CCN(c3ccc(-n4cccn4)cc3)CC2)CCN1C(C)C. The molecule has 28 heavy (non-hydrogen) atoms. The van der Waals surface area contributed by atoms with Gasteiger partial charge in [-0.05, 0) is 63.4 Å². The van der Waals surface area contributed by atoms with E-state index in [0.29, 0.717) is 6.04 Å². The molecule has 5 nitrogen and oxygen atoms in total. The number of piperazine rings is 1. The lowest BCUT2D eigenvalue weighted by Crippen LogP contribution is -2.58. The van der Waals surface area contributed by atoms with Crippen molar-refractivity contribution >= 4 is 5.69 Å². The molecule has 2 aliphatic heterocycles. The van der Waals surface area contributed by atoms with Gasteiger partial charge < -0.3 is 4.90 Å². The van der Waals surface area contributed by atoms with Crippen LogP contribution in [0.5, 0.6) is 0 Å². The average Bonchev–Trinajstić information content (AvgIpc) is 3.28. The zero-order valence-corrected chi connectivity index (χ0v) is 17.7. The minimum Gasteiger partial charge on any atom is -0.371 e. The molecule has 0 saturated carbocycles. The lowest BCUT2D eigenvalue weighted by Gasteiger charge is -2.48. The van der Waals surface area contributed by atoms with E-state index in [2.05, 4.69) is 64.8 Å². The van der Waals surface area contributed by atoms with E-state index in [0.717, 1.165) is 30.9 Å². The number of piperidine rings is 1. The Hall–Kier alpha value is -1.85. The Kier molecular flexibility index (Phi) is 6.02. The van der Waals surface area contributed by atoms with Crippen LogP contribution in [0.25, 0.3) is 5.69 Å². The van der Waals surface area contributed by atoms with E-state index in [1.807, 2.05) is 23.1 Å². The topological polar surface area (TPSA) is 27.5 Å². The Morgan fingerprint density at radius 3 is 2.32 bits per heavy atom. The molecule has 4 rings (SSSR count). The molecular formula is C23H35N5. The predicted octanol–water partition coefficient (Wildman–Crippen LogP) is 3.65. The van der Waals surface area contributed by atoms with Gasteiger partial charge in [-0.1, -0.05) is 6.92 Å². The number of anilines is 1. The molecule has 3 heterocycles. The molecule has 1 atom stereocenters. The Bertz CT molecular complexity index is 716. The first-order valence-electron chi connectivity index (χ1n) is 11.0. The molecule has 1 aromatic heterocycles. The lowest BCUT2D eigenvalue weighted by molar-refractivity contribution is 0.0217. The first-order valence-corrected chi connectivity index (χ1v) is 11.0. The third-order valence-corrected chi connectivity index (χ3v) is 6.66. The van der Waals surface area contributed by atoms with Crippen LogP contribution in [0.15, 0.2) is 42.7 Å². The molecule has 0 amide bonds. The van der Waals surface area contributed by atoms with Crippen molar-refractivity contribution in [3.05, 3.63) is 42.7 Å². The van der Waals surface area contributed by atoms with Crippen LogP contribution in [-0.4, -0.2) is 70.4 Å². The molecule has 2 aromatic rings. The molecule has 0 spiro atoms. The van der Waals surface area contributed by atoms with Crippen molar-refractivity contribution in [2.24, 2.45) is 0 Å². The van der Waals surface area contributed by atoms with Gasteiger partial charge in [-0.2, -0.15) is 5.10 Å². The predicted molar refractivity (Wildman–Crippen MR) is 116 cm³/mol. The molecule has 0 N–H and O–H groups in total. The Morgan fingerprint density at radius 1 is 1.00 bits per heavy atom. The van der Waals surface area contributed by atoms with Crippen LogP contribution in [0.1, 0.15) is 40.0 Å². The van der Waals surface area contributed by atoms with Gasteiger partial charge in [-0.25, -0.2) is 4.68 Å². The van der Waals surface area contributed by atoms with Crippen LogP contribution in [0.3, 0.4) is 0 Å². The van der Waals surface area contributed by atoms with Crippen molar-refractivity contribution in [3.8, 4) is 5.69 Å².